The molecular weight excluding hydrogens is 819 g/mol. The first-order valence-electron chi connectivity index (χ1n) is 17.4. The van der Waals surface area contributed by atoms with E-state index < -0.39 is 108 Å². The monoisotopic (exact) mass is 865 g/mol. The molecule has 0 saturated heterocycles. The summed E-state index contributed by atoms with van der Waals surface area (Å²) in [5, 5.41) is 22.9. The van der Waals surface area contributed by atoms with Crippen molar-refractivity contribution in [2.45, 2.75) is 43.1 Å². The molecule has 29 nitrogen and oxygen atoms in total. The van der Waals surface area contributed by atoms with Crippen LogP contribution in [0.2, 0.25) is 0 Å². The van der Waals surface area contributed by atoms with E-state index in [0.29, 0.717) is 0 Å². The number of allylic oxidation sites excluding steroid dienone is 1. The van der Waals surface area contributed by atoms with Crippen molar-refractivity contribution in [3.05, 3.63) is 77.9 Å². The van der Waals surface area contributed by atoms with Crippen LogP contribution in [0, 0.1) is 0 Å². The van der Waals surface area contributed by atoms with Crippen molar-refractivity contribution in [2.24, 2.45) is 82.3 Å². The fraction of sp³-hybridized carbons (Fsp3) is 0.212. The van der Waals surface area contributed by atoms with Gasteiger partial charge in [0, 0.05) is 6.21 Å². The number of primary amides is 1. The number of aliphatic imine (C=N–C) groups is 5. The second-order valence-electron chi connectivity index (χ2n) is 12.0. The molecule has 0 aliphatic heterocycles. The van der Waals surface area contributed by atoms with Gasteiger partial charge in [-0.3, -0.25) is 38.6 Å². The van der Waals surface area contributed by atoms with Crippen LogP contribution < -0.4 is 89.2 Å². The van der Waals surface area contributed by atoms with Crippen LogP contribution >= 0.6 is 0 Å². The van der Waals surface area contributed by atoms with E-state index in [2.05, 4.69) is 35.6 Å². The van der Waals surface area contributed by atoms with Gasteiger partial charge >= 0.3 is 0 Å². The highest BCUT2D eigenvalue weighted by atomic mass is 16.3. The minimum Gasteiger partial charge on any atom is -0.370 e. The number of amides is 7. The van der Waals surface area contributed by atoms with Crippen molar-refractivity contribution in [3.8, 4) is 0 Å². The maximum Gasteiger partial charge on any atom is 0.272 e. The van der Waals surface area contributed by atoms with Crippen LogP contribution in [0.3, 0.4) is 0 Å². The number of nitrogens with zero attached hydrogens (tertiary/aromatic N) is 5. The molecule has 0 bridgehead atoms. The minimum absolute atomic E-state index is 0.152. The van der Waals surface area contributed by atoms with Gasteiger partial charge in [0.15, 0.2) is 30.0 Å². The summed E-state index contributed by atoms with van der Waals surface area (Å²) in [4.78, 5) is 109. The summed E-state index contributed by atoms with van der Waals surface area (Å²) in [7, 11) is 0. The fourth-order valence-electron chi connectivity index (χ4n) is 4.46. The maximum absolute atomic E-state index is 13.7. The molecule has 0 aliphatic carbocycles. The molecule has 2 rings (SSSR count). The zero-order chi connectivity index (χ0) is 46.5. The van der Waals surface area contributed by atoms with Crippen LogP contribution in [0.25, 0.3) is 6.08 Å². The van der Waals surface area contributed by atoms with Gasteiger partial charge in [-0.1, -0.05) is 66.7 Å². The van der Waals surface area contributed by atoms with Gasteiger partial charge in [0.25, 0.3) is 35.4 Å². The van der Waals surface area contributed by atoms with E-state index in [-0.39, 0.29) is 5.56 Å². The Hall–Kier alpha value is -8.86. The van der Waals surface area contributed by atoms with Crippen molar-refractivity contribution in [1.82, 2.24) is 31.9 Å². The van der Waals surface area contributed by atoms with Crippen LogP contribution in [-0.4, -0.2) is 114 Å². The normalized spacial score (nSPS) is 14.1. The van der Waals surface area contributed by atoms with Crippen molar-refractivity contribution < 1.29 is 38.7 Å². The van der Waals surface area contributed by atoms with Crippen LogP contribution in [0.4, 0.5) is 0 Å². The molecule has 27 N–H and O–H groups in total. The van der Waals surface area contributed by atoms with E-state index >= 15 is 0 Å². The van der Waals surface area contributed by atoms with Crippen molar-refractivity contribution >= 4 is 77.5 Å². The summed E-state index contributed by atoms with van der Waals surface area (Å²) in [5.41, 5.74) is 54.9. The molecule has 0 spiro atoms. The van der Waals surface area contributed by atoms with Gasteiger partial charge in [-0.15, -0.1) is 0 Å². The van der Waals surface area contributed by atoms with E-state index in [1.807, 2.05) is 39.5 Å². The highest BCUT2D eigenvalue weighted by Crippen LogP contribution is 2.14. The van der Waals surface area contributed by atoms with E-state index in [9.17, 15) is 38.7 Å². The zero-order valence-corrected chi connectivity index (χ0v) is 32.4. The largest absolute Gasteiger partial charge is 0.370 e. The smallest absolute Gasteiger partial charge is 0.272 e. The zero-order valence-electron chi connectivity index (χ0n) is 32.4. The van der Waals surface area contributed by atoms with Gasteiger partial charge in [0.05, 0.1) is 0 Å². The van der Waals surface area contributed by atoms with Gasteiger partial charge in [0.1, 0.15) is 6.04 Å². The molecule has 2 aromatic carbocycles. The molecule has 0 saturated carbocycles. The Kier molecular flexibility index (Phi) is 19.2. The van der Waals surface area contributed by atoms with Gasteiger partial charge in [-0.05, 0) is 17.2 Å². The Morgan fingerprint density at radius 3 is 1.26 bits per heavy atom. The second-order valence-corrected chi connectivity index (χ2v) is 12.0. The predicted octanol–water partition coefficient (Wildman–Crippen LogP) is -9.30. The summed E-state index contributed by atoms with van der Waals surface area (Å²) in [5.74, 6) is -12.0. The number of carbonyl (C=O) groups excluding carboxylic acids is 7. The lowest BCUT2D eigenvalue weighted by molar-refractivity contribution is -0.136. The summed E-state index contributed by atoms with van der Waals surface area (Å²) in [6.45, 7) is 0. The lowest BCUT2D eigenvalue weighted by Gasteiger charge is -2.24. The van der Waals surface area contributed by atoms with E-state index in [1.54, 1.807) is 24.3 Å². The molecule has 0 aliphatic rings. The average Bonchev–Trinajstić information content (AvgIpc) is 3.20. The number of hydrogen-bond donors (Lipinski definition) is 17. The number of benzene rings is 2. The quantitative estimate of drug-likeness (QED) is 0.0315. The minimum atomic E-state index is -2.18. The summed E-state index contributed by atoms with van der Waals surface area (Å²) >= 11 is 0. The molecule has 0 aromatic heterocycles. The van der Waals surface area contributed by atoms with Crippen molar-refractivity contribution in [1.29, 1.82) is 0 Å². The number of aliphatic hydroxyl groups excluding tert-OH is 1. The van der Waals surface area contributed by atoms with Crippen LogP contribution in [0.1, 0.15) is 17.2 Å². The number of nitrogens with two attached hydrogens (primary N) is 10. The SMILES string of the molecule is NC(=O)C(N)NC(=O)C(N=C(N)N)NC(=O)C(N=C(N)N)NC(=O)C(N=C(N)N)NC(=O)C(N=C(N)N)NC(=O)C(NC(=O)C(O)/N=C/C=C\c1ccccc1)c1ccccc1. The van der Waals surface area contributed by atoms with Gasteiger partial charge in [0.2, 0.25) is 36.8 Å². The molecule has 7 unspecified atom stereocenters. The molecule has 0 radical (unpaired) electrons. The van der Waals surface area contributed by atoms with Gasteiger partial charge in [-0.2, -0.15) is 0 Å². The molecular formula is C33H47N21O8. The number of nitrogens with one attached hydrogen (secondary N) is 6. The summed E-state index contributed by atoms with van der Waals surface area (Å²) in [6.07, 6.45) is -7.90. The third-order valence-corrected chi connectivity index (χ3v) is 7.14. The molecule has 332 valence electrons. The number of carbonyl (C=O) groups is 7. The topological polar surface area (TPSA) is 534 Å². The number of aliphatic hydroxyl groups is 1. The first kappa shape index (κ1) is 49.3. The average molecular weight is 866 g/mol. The summed E-state index contributed by atoms with van der Waals surface area (Å²) in [6, 6.07) is 14.9. The van der Waals surface area contributed by atoms with Crippen molar-refractivity contribution in [2.75, 3.05) is 0 Å². The maximum atomic E-state index is 13.7. The number of rotatable bonds is 21. The highest BCUT2D eigenvalue weighted by molar-refractivity contribution is 5.99. The lowest BCUT2D eigenvalue weighted by Crippen LogP contribution is -2.60. The molecule has 7 amide bonds. The standard InChI is InChI=1S/C33H47N21O8/c34-17(18(35)55)46-24(57)19(51-30(36)37)48-26(59)21(53-32(40)41)50-27(60)22(54-33(42)43)49-25(58)20(52-31(38)39)47-23(56)16(15-11-5-2-6-12-15)45-29(62)28(61)44-13-7-10-14-8-3-1-4-9-14/h1-13,16-17,19-22,28,61H,34H2,(H2,35,55)(H,45,62)(H,46,57)(H,47,56)(H,48,59)(H,49,58)(H,50,60)(H4,36,37,51)(H4,38,39,52)(H4,40,41,53)(H4,42,43,54)/b10-7-,44-13+. The fourth-order valence-corrected chi connectivity index (χ4v) is 4.46. The van der Waals surface area contributed by atoms with E-state index in [4.69, 9.17) is 57.3 Å². The van der Waals surface area contributed by atoms with E-state index in [0.717, 1.165) is 11.8 Å². The Bertz CT molecular complexity index is 2100. The van der Waals surface area contributed by atoms with Crippen LogP contribution in [0.15, 0.2) is 91.7 Å². The first-order chi connectivity index (χ1) is 29.2. The molecule has 29 heteroatoms. The molecule has 62 heavy (non-hydrogen) atoms. The third kappa shape index (κ3) is 17.3. The van der Waals surface area contributed by atoms with Gasteiger partial charge < -0.3 is 94.3 Å². The number of guanidine groups is 4. The summed E-state index contributed by atoms with van der Waals surface area (Å²) < 4.78 is 0. The molecule has 7 atom stereocenters. The molecule has 0 fully saturated rings. The van der Waals surface area contributed by atoms with Crippen LogP contribution in [-0.2, 0) is 33.6 Å². The van der Waals surface area contributed by atoms with E-state index in [1.165, 1.54) is 30.3 Å². The van der Waals surface area contributed by atoms with Gasteiger partial charge in [-0.25, -0.2) is 20.0 Å². The Balaban J connectivity index is 2.36. The first-order valence-corrected chi connectivity index (χ1v) is 17.4. The lowest BCUT2D eigenvalue weighted by atomic mass is 10.1. The second kappa shape index (κ2) is 24.2. The highest BCUT2D eigenvalue weighted by Gasteiger charge is 2.34. The Labute approximate surface area is 351 Å². The Morgan fingerprint density at radius 2 is 0.871 bits per heavy atom. The molecule has 0 heterocycles. The van der Waals surface area contributed by atoms with Crippen molar-refractivity contribution in [3.63, 3.8) is 0 Å². The predicted molar refractivity (Wildman–Crippen MR) is 224 cm³/mol. The van der Waals surface area contributed by atoms with Crippen LogP contribution in [0.5, 0.6) is 0 Å². The third-order valence-electron chi connectivity index (χ3n) is 7.14. The molecule has 2 aromatic rings. The number of hydrogen-bond acceptors (Lipinski definition) is 14. The Morgan fingerprint density at radius 1 is 0.500 bits per heavy atom.